The number of nitrogens with two attached hydrogens (primary N) is 3. The quantitative estimate of drug-likeness (QED) is 0.472. The van der Waals surface area contributed by atoms with Crippen molar-refractivity contribution in [3.8, 4) is 0 Å². The van der Waals surface area contributed by atoms with Crippen LogP contribution in [0.25, 0.3) is 0 Å². The van der Waals surface area contributed by atoms with Crippen LogP contribution in [-0.4, -0.2) is 61.0 Å². The first-order valence-corrected chi connectivity index (χ1v) is 6.03. The van der Waals surface area contributed by atoms with Gasteiger partial charge in [-0.15, -0.1) is 0 Å². The number of hydrogen-bond acceptors (Lipinski definition) is 8. The fraction of sp³-hybridized carbons (Fsp3) is 0.700. The highest BCUT2D eigenvalue weighted by Crippen LogP contribution is 2.39. The first-order valence-electron chi connectivity index (χ1n) is 6.03. The summed E-state index contributed by atoms with van der Waals surface area (Å²) in [6, 6.07) is 0. The molecule has 0 aromatic carbocycles. The monoisotopic (exact) mass is 303 g/mol. The van der Waals surface area contributed by atoms with E-state index >= 15 is 0 Å². The van der Waals surface area contributed by atoms with Crippen LogP contribution < -0.4 is 17.2 Å². The lowest BCUT2D eigenvalue weighted by molar-refractivity contribution is -0.278. The van der Waals surface area contributed by atoms with Gasteiger partial charge >= 0.3 is 0 Å². The fourth-order valence-corrected chi connectivity index (χ4v) is 2.48. The van der Waals surface area contributed by atoms with Crippen LogP contribution >= 0.6 is 0 Å². The minimum Gasteiger partial charge on any atom is -0.367 e. The summed E-state index contributed by atoms with van der Waals surface area (Å²) in [5.74, 6) is -2.63. The van der Waals surface area contributed by atoms with Crippen LogP contribution in [0.1, 0.15) is 0 Å². The van der Waals surface area contributed by atoms with Crippen LogP contribution in [0, 0.1) is 0 Å². The maximum atomic E-state index is 11.4. The van der Waals surface area contributed by atoms with E-state index in [2.05, 4.69) is 0 Å². The summed E-state index contributed by atoms with van der Waals surface area (Å²) < 4.78 is 26.2. The SMILES string of the molecule is NC(=O)C1OC2OC3C(C(N)=O)OC(C(N)=O)OC3C2O1. The molecular weight excluding hydrogens is 290 g/mol. The van der Waals surface area contributed by atoms with Crippen LogP contribution in [0.4, 0.5) is 0 Å². The van der Waals surface area contributed by atoms with Gasteiger partial charge in [0.1, 0.15) is 18.3 Å². The standard InChI is InChI=1S/C10H13N3O8/c11-5(14)3-1-2(18-9(19-3)6(12)15)4-8(17-1)21-10(20-4)7(13)16/h1-4,8-10H,(H2,11,14)(H2,12,15)(H2,13,16). The van der Waals surface area contributed by atoms with Gasteiger partial charge in [0.05, 0.1) is 0 Å². The van der Waals surface area contributed by atoms with Crippen LogP contribution in [0.15, 0.2) is 0 Å². The van der Waals surface area contributed by atoms with Gasteiger partial charge in [-0.25, -0.2) is 0 Å². The Morgan fingerprint density at radius 3 is 1.76 bits per heavy atom. The molecule has 3 saturated heterocycles. The molecule has 0 aromatic rings. The molecule has 3 heterocycles. The first kappa shape index (κ1) is 14.2. The summed E-state index contributed by atoms with van der Waals surface area (Å²) in [6.07, 6.45) is -7.75. The zero-order chi connectivity index (χ0) is 15.3. The predicted molar refractivity (Wildman–Crippen MR) is 59.5 cm³/mol. The number of ether oxygens (including phenoxy) is 5. The first-order chi connectivity index (χ1) is 9.88. The number of carbonyl (C=O) groups excluding carboxylic acids is 3. The highest BCUT2D eigenvalue weighted by Gasteiger charge is 2.60. The Labute approximate surface area is 117 Å². The van der Waals surface area contributed by atoms with E-state index in [1.165, 1.54) is 0 Å². The van der Waals surface area contributed by atoms with Crippen molar-refractivity contribution in [3.05, 3.63) is 0 Å². The van der Waals surface area contributed by atoms with Crippen molar-refractivity contribution in [2.45, 2.75) is 43.3 Å². The minimum absolute atomic E-state index is 0.838. The third-order valence-corrected chi connectivity index (χ3v) is 3.34. The maximum absolute atomic E-state index is 11.4. The van der Waals surface area contributed by atoms with Gasteiger partial charge in [0.15, 0.2) is 12.4 Å². The van der Waals surface area contributed by atoms with Gasteiger partial charge in [0.25, 0.3) is 11.8 Å². The van der Waals surface area contributed by atoms with Gasteiger partial charge in [-0.05, 0) is 0 Å². The van der Waals surface area contributed by atoms with E-state index in [9.17, 15) is 14.4 Å². The highest BCUT2D eigenvalue weighted by atomic mass is 16.8. The second-order valence-electron chi connectivity index (χ2n) is 4.73. The lowest BCUT2D eigenvalue weighted by Gasteiger charge is -2.36. The molecule has 7 unspecified atom stereocenters. The molecule has 3 rings (SSSR count). The van der Waals surface area contributed by atoms with Gasteiger partial charge in [0, 0.05) is 0 Å². The van der Waals surface area contributed by atoms with Crippen molar-refractivity contribution in [2.24, 2.45) is 17.2 Å². The van der Waals surface area contributed by atoms with E-state index in [0.29, 0.717) is 0 Å². The molecule has 11 nitrogen and oxygen atoms in total. The summed E-state index contributed by atoms with van der Waals surface area (Å²) in [6.45, 7) is 0. The molecule has 11 heteroatoms. The predicted octanol–water partition coefficient (Wildman–Crippen LogP) is -3.98. The Hall–Kier alpha value is -1.79. The minimum atomic E-state index is -1.48. The van der Waals surface area contributed by atoms with Crippen LogP contribution in [-0.2, 0) is 38.1 Å². The molecule has 0 radical (unpaired) electrons. The molecule has 0 spiro atoms. The molecule has 0 aromatic heterocycles. The Morgan fingerprint density at radius 1 is 0.619 bits per heavy atom. The van der Waals surface area contributed by atoms with Crippen molar-refractivity contribution in [3.63, 3.8) is 0 Å². The van der Waals surface area contributed by atoms with Crippen LogP contribution in [0.5, 0.6) is 0 Å². The smallest absolute Gasteiger partial charge is 0.274 e. The normalized spacial score (nSPS) is 44.9. The highest BCUT2D eigenvalue weighted by molar-refractivity contribution is 5.82. The molecule has 6 N–H and O–H groups in total. The average molecular weight is 303 g/mol. The Kier molecular flexibility index (Phi) is 3.30. The third-order valence-electron chi connectivity index (χ3n) is 3.34. The molecule has 3 fully saturated rings. The Bertz CT molecular complexity index is 499. The zero-order valence-corrected chi connectivity index (χ0v) is 10.5. The number of fused-ring (bicyclic) bond motifs is 3. The van der Waals surface area contributed by atoms with Gasteiger partial charge in [-0.2, -0.15) is 0 Å². The van der Waals surface area contributed by atoms with Crippen molar-refractivity contribution in [1.82, 2.24) is 0 Å². The average Bonchev–Trinajstić information content (AvgIpc) is 2.94. The number of carbonyl (C=O) groups is 3. The molecule has 0 bridgehead atoms. The fourth-order valence-electron chi connectivity index (χ4n) is 2.48. The van der Waals surface area contributed by atoms with Gasteiger partial charge in [-0.1, -0.05) is 0 Å². The largest absolute Gasteiger partial charge is 0.367 e. The summed E-state index contributed by atoms with van der Waals surface area (Å²) >= 11 is 0. The molecule has 7 atom stereocenters. The topological polar surface area (TPSA) is 175 Å². The van der Waals surface area contributed by atoms with Crippen molar-refractivity contribution >= 4 is 17.7 Å². The Balaban J connectivity index is 1.82. The molecular formula is C10H13N3O8. The molecule has 3 amide bonds. The van der Waals surface area contributed by atoms with Gasteiger partial charge < -0.3 is 40.9 Å². The molecule has 0 aliphatic carbocycles. The van der Waals surface area contributed by atoms with E-state index in [1.807, 2.05) is 0 Å². The molecule has 21 heavy (non-hydrogen) atoms. The van der Waals surface area contributed by atoms with Crippen molar-refractivity contribution < 1.29 is 38.1 Å². The van der Waals surface area contributed by atoms with Crippen LogP contribution in [0.3, 0.4) is 0 Å². The van der Waals surface area contributed by atoms with Crippen molar-refractivity contribution in [1.29, 1.82) is 0 Å². The van der Waals surface area contributed by atoms with Crippen molar-refractivity contribution in [2.75, 3.05) is 0 Å². The zero-order valence-electron chi connectivity index (χ0n) is 10.5. The number of hydrogen-bond donors (Lipinski definition) is 3. The lowest BCUT2D eigenvalue weighted by atomic mass is 10.0. The van der Waals surface area contributed by atoms with Crippen LogP contribution in [0.2, 0.25) is 0 Å². The van der Waals surface area contributed by atoms with E-state index in [4.69, 9.17) is 40.9 Å². The van der Waals surface area contributed by atoms with E-state index < -0.39 is 61.0 Å². The third kappa shape index (κ3) is 2.24. The Morgan fingerprint density at radius 2 is 1.19 bits per heavy atom. The second kappa shape index (κ2) is 4.89. The van der Waals surface area contributed by atoms with Gasteiger partial charge in [0.2, 0.25) is 18.5 Å². The summed E-state index contributed by atoms with van der Waals surface area (Å²) in [5.41, 5.74) is 15.4. The molecule has 3 aliphatic rings. The summed E-state index contributed by atoms with van der Waals surface area (Å²) in [4.78, 5) is 33.7. The summed E-state index contributed by atoms with van der Waals surface area (Å²) in [5, 5.41) is 0. The number of rotatable bonds is 3. The second-order valence-corrected chi connectivity index (χ2v) is 4.73. The molecule has 3 aliphatic heterocycles. The van der Waals surface area contributed by atoms with E-state index in [0.717, 1.165) is 0 Å². The lowest BCUT2D eigenvalue weighted by Crippen LogP contribution is -2.58. The van der Waals surface area contributed by atoms with E-state index in [-0.39, 0.29) is 0 Å². The molecule has 116 valence electrons. The van der Waals surface area contributed by atoms with E-state index in [1.54, 1.807) is 0 Å². The number of amides is 3. The molecule has 0 saturated carbocycles. The summed E-state index contributed by atoms with van der Waals surface area (Å²) in [7, 11) is 0. The maximum Gasteiger partial charge on any atom is 0.274 e. The number of primary amides is 3. The van der Waals surface area contributed by atoms with Gasteiger partial charge in [-0.3, -0.25) is 14.4 Å².